The molecule has 0 aliphatic carbocycles. The molecule has 148 valence electrons. The molecule has 1 heterocycles. The van der Waals surface area contributed by atoms with Crippen molar-refractivity contribution in [1.29, 1.82) is 0 Å². The van der Waals surface area contributed by atoms with Crippen molar-refractivity contribution >= 4 is 17.6 Å². The second-order valence-corrected chi connectivity index (χ2v) is 7.08. The zero-order valence-corrected chi connectivity index (χ0v) is 15.8. The third-order valence-electron chi connectivity index (χ3n) is 4.52. The number of carbonyl (C=O) groups excluding carboxylic acids is 2. The van der Waals surface area contributed by atoms with E-state index in [2.05, 4.69) is 10.6 Å². The van der Waals surface area contributed by atoms with E-state index in [1.54, 1.807) is 32.0 Å². The van der Waals surface area contributed by atoms with Crippen LogP contribution >= 0.6 is 0 Å². The van der Waals surface area contributed by atoms with Gasteiger partial charge in [-0.1, -0.05) is 18.2 Å². The van der Waals surface area contributed by atoms with Crippen molar-refractivity contribution in [3.8, 4) is 0 Å². The van der Waals surface area contributed by atoms with Crippen molar-refractivity contribution in [2.24, 2.45) is 5.92 Å². The fraction of sp³-hybridized carbons (Fsp3) is 0.579. The van der Waals surface area contributed by atoms with Gasteiger partial charge in [0, 0.05) is 12.5 Å². The van der Waals surface area contributed by atoms with Crippen molar-refractivity contribution in [2.45, 2.75) is 51.7 Å². The lowest BCUT2D eigenvalue weighted by atomic mass is 9.99. The molecule has 2 N–H and O–H groups in total. The Balaban J connectivity index is 2.10. The van der Waals surface area contributed by atoms with E-state index in [9.17, 15) is 19.7 Å². The first kappa shape index (κ1) is 20.8. The standard InChI is InChI=1S/C19H27N3O5/c1-13(2)27-19(24)11-16(15-5-3-4-6-17(15)22(25)26)21-18(23)8-7-14-9-10-20-12-14/h3-6,13-14,16,20H,7-12H2,1-2H3,(H,21,23). The first-order valence-electron chi connectivity index (χ1n) is 9.29. The second kappa shape index (κ2) is 10.0. The van der Waals surface area contributed by atoms with Crippen LogP contribution in [0.1, 0.15) is 51.1 Å². The molecule has 0 bridgehead atoms. The zero-order valence-electron chi connectivity index (χ0n) is 15.8. The lowest BCUT2D eigenvalue weighted by molar-refractivity contribution is -0.385. The van der Waals surface area contributed by atoms with Gasteiger partial charge in [-0.3, -0.25) is 19.7 Å². The van der Waals surface area contributed by atoms with E-state index in [4.69, 9.17) is 4.74 Å². The summed E-state index contributed by atoms with van der Waals surface area (Å²) in [6, 6.07) is 5.34. The molecule has 1 amide bonds. The number of amides is 1. The van der Waals surface area contributed by atoms with Crippen LogP contribution in [-0.2, 0) is 14.3 Å². The molecular formula is C19H27N3O5. The maximum absolute atomic E-state index is 12.4. The second-order valence-electron chi connectivity index (χ2n) is 7.08. The molecule has 0 aromatic heterocycles. The maximum atomic E-state index is 12.4. The number of hydrogen-bond donors (Lipinski definition) is 2. The third kappa shape index (κ3) is 6.63. The van der Waals surface area contributed by atoms with Gasteiger partial charge in [0.2, 0.25) is 5.91 Å². The van der Waals surface area contributed by atoms with Gasteiger partial charge in [0.05, 0.1) is 29.1 Å². The fourth-order valence-electron chi connectivity index (χ4n) is 3.23. The Hall–Kier alpha value is -2.48. The van der Waals surface area contributed by atoms with Crippen molar-refractivity contribution in [3.63, 3.8) is 0 Å². The Bertz CT molecular complexity index is 671. The van der Waals surface area contributed by atoms with Crippen LogP contribution in [0.4, 0.5) is 5.69 Å². The smallest absolute Gasteiger partial charge is 0.308 e. The Kier molecular flexibility index (Phi) is 7.72. The Labute approximate surface area is 158 Å². The van der Waals surface area contributed by atoms with Crippen molar-refractivity contribution in [3.05, 3.63) is 39.9 Å². The lowest BCUT2D eigenvalue weighted by Gasteiger charge is -2.20. The summed E-state index contributed by atoms with van der Waals surface area (Å²) < 4.78 is 5.16. The van der Waals surface area contributed by atoms with Crippen LogP contribution in [-0.4, -0.2) is 36.0 Å². The number of ether oxygens (including phenoxy) is 1. The zero-order chi connectivity index (χ0) is 19.8. The van der Waals surface area contributed by atoms with Crippen LogP contribution in [0.3, 0.4) is 0 Å². The number of para-hydroxylation sites is 1. The van der Waals surface area contributed by atoms with Gasteiger partial charge in [-0.2, -0.15) is 0 Å². The molecule has 1 aromatic carbocycles. The number of nitro benzene ring substituents is 1. The highest BCUT2D eigenvalue weighted by Crippen LogP contribution is 2.28. The fourth-order valence-corrected chi connectivity index (χ4v) is 3.23. The SMILES string of the molecule is CC(C)OC(=O)CC(NC(=O)CCC1CCNC1)c1ccccc1[N+](=O)[O-]. The molecule has 27 heavy (non-hydrogen) atoms. The summed E-state index contributed by atoms with van der Waals surface area (Å²) in [6.45, 7) is 5.33. The van der Waals surface area contributed by atoms with Gasteiger partial charge in [0.15, 0.2) is 0 Å². The molecule has 8 nitrogen and oxygen atoms in total. The van der Waals surface area contributed by atoms with Crippen molar-refractivity contribution in [2.75, 3.05) is 13.1 Å². The molecular weight excluding hydrogens is 350 g/mol. The average molecular weight is 377 g/mol. The van der Waals surface area contributed by atoms with E-state index in [-0.39, 0.29) is 24.1 Å². The molecule has 1 aliphatic rings. The molecule has 8 heteroatoms. The molecule has 2 atom stereocenters. The monoisotopic (exact) mass is 377 g/mol. The number of nitro groups is 1. The number of benzene rings is 1. The summed E-state index contributed by atoms with van der Waals surface area (Å²) in [5.74, 6) is -0.262. The normalized spacial score (nSPS) is 17.5. The van der Waals surface area contributed by atoms with Crippen molar-refractivity contribution in [1.82, 2.24) is 10.6 Å². The lowest BCUT2D eigenvalue weighted by Crippen LogP contribution is -2.31. The highest BCUT2D eigenvalue weighted by atomic mass is 16.6. The molecule has 2 unspecified atom stereocenters. The van der Waals surface area contributed by atoms with E-state index in [0.717, 1.165) is 25.9 Å². The first-order valence-corrected chi connectivity index (χ1v) is 9.29. The van der Waals surface area contributed by atoms with Gasteiger partial charge >= 0.3 is 5.97 Å². The Morgan fingerprint density at radius 1 is 1.37 bits per heavy atom. The van der Waals surface area contributed by atoms with Gasteiger partial charge in [0.1, 0.15) is 0 Å². The average Bonchev–Trinajstić information content (AvgIpc) is 3.12. The van der Waals surface area contributed by atoms with E-state index in [1.165, 1.54) is 6.07 Å². The molecule has 0 radical (unpaired) electrons. The van der Waals surface area contributed by atoms with Crippen LogP contribution in [0.5, 0.6) is 0 Å². The first-order chi connectivity index (χ1) is 12.9. The number of hydrogen-bond acceptors (Lipinski definition) is 6. The summed E-state index contributed by atoms with van der Waals surface area (Å²) >= 11 is 0. The predicted octanol–water partition coefficient (Wildman–Crippen LogP) is 2.48. The quantitative estimate of drug-likeness (QED) is 0.389. The number of nitrogens with one attached hydrogen (secondary N) is 2. The summed E-state index contributed by atoms with van der Waals surface area (Å²) in [5.41, 5.74) is 0.180. The van der Waals surface area contributed by atoms with Crippen LogP contribution in [0.2, 0.25) is 0 Å². The molecule has 1 aliphatic heterocycles. The number of esters is 1. The van der Waals surface area contributed by atoms with Gasteiger partial charge in [-0.05, 0) is 45.7 Å². The predicted molar refractivity (Wildman–Crippen MR) is 100 cm³/mol. The van der Waals surface area contributed by atoms with Gasteiger partial charge in [-0.15, -0.1) is 0 Å². The summed E-state index contributed by atoms with van der Waals surface area (Å²) in [5, 5.41) is 17.4. The van der Waals surface area contributed by atoms with E-state index in [1.807, 2.05) is 0 Å². The number of nitrogens with zero attached hydrogens (tertiary/aromatic N) is 1. The minimum absolute atomic E-state index is 0.125. The number of rotatable bonds is 9. The maximum Gasteiger partial charge on any atom is 0.308 e. The van der Waals surface area contributed by atoms with Crippen molar-refractivity contribution < 1.29 is 19.2 Å². The van der Waals surface area contributed by atoms with E-state index >= 15 is 0 Å². The van der Waals surface area contributed by atoms with Gasteiger partial charge in [-0.25, -0.2) is 0 Å². The van der Waals surface area contributed by atoms with Gasteiger partial charge in [0.25, 0.3) is 5.69 Å². The van der Waals surface area contributed by atoms with Crippen LogP contribution in [0, 0.1) is 16.0 Å². The van der Waals surface area contributed by atoms with Crippen LogP contribution in [0.15, 0.2) is 24.3 Å². The molecule has 1 saturated heterocycles. The molecule has 2 rings (SSSR count). The van der Waals surface area contributed by atoms with E-state index in [0.29, 0.717) is 17.9 Å². The Morgan fingerprint density at radius 3 is 2.74 bits per heavy atom. The molecule has 1 aromatic rings. The summed E-state index contributed by atoms with van der Waals surface area (Å²) in [6.07, 6.45) is 1.66. The minimum atomic E-state index is -0.799. The topological polar surface area (TPSA) is 111 Å². The highest BCUT2D eigenvalue weighted by molar-refractivity contribution is 5.78. The largest absolute Gasteiger partial charge is 0.463 e. The summed E-state index contributed by atoms with van der Waals surface area (Å²) in [7, 11) is 0. The summed E-state index contributed by atoms with van der Waals surface area (Å²) in [4.78, 5) is 35.4. The Morgan fingerprint density at radius 2 is 2.11 bits per heavy atom. The third-order valence-corrected chi connectivity index (χ3v) is 4.52. The van der Waals surface area contributed by atoms with Gasteiger partial charge < -0.3 is 15.4 Å². The minimum Gasteiger partial charge on any atom is -0.463 e. The number of carbonyl (C=O) groups is 2. The van der Waals surface area contributed by atoms with E-state index < -0.39 is 16.9 Å². The molecule has 0 saturated carbocycles. The highest BCUT2D eigenvalue weighted by Gasteiger charge is 2.27. The van der Waals surface area contributed by atoms with Crippen LogP contribution in [0.25, 0.3) is 0 Å². The van der Waals surface area contributed by atoms with Crippen LogP contribution < -0.4 is 10.6 Å². The molecule has 0 spiro atoms. The molecule has 1 fully saturated rings.